The molecular formula is C21H19F2N7O3. The van der Waals surface area contributed by atoms with Crippen LogP contribution in [-0.4, -0.2) is 27.3 Å². The Kier molecular flexibility index (Phi) is 5.23. The van der Waals surface area contributed by atoms with Crippen molar-refractivity contribution in [3.8, 4) is 11.8 Å². The summed E-state index contributed by atoms with van der Waals surface area (Å²) in [6.45, 7) is 2.96. The third kappa shape index (κ3) is 3.34. The van der Waals surface area contributed by atoms with E-state index in [1.807, 2.05) is 0 Å². The molecule has 3 heterocycles. The number of hydrazine groups is 1. The van der Waals surface area contributed by atoms with Crippen molar-refractivity contribution in [3.05, 3.63) is 74.3 Å². The van der Waals surface area contributed by atoms with E-state index in [9.17, 15) is 23.6 Å². The minimum absolute atomic E-state index is 0.0262. The largest absolute Gasteiger partial charge is 0.397 e. The SMILES string of the molecule is Cc1cncc(-n2c(=O)c(N(N)c3cc(F)c(F)cc3N)c(C)n(C3(C#N)COC3)c2=O)c1. The van der Waals surface area contributed by atoms with E-state index in [1.165, 1.54) is 19.3 Å². The maximum atomic E-state index is 14.0. The van der Waals surface area contributed by atoms with E-state index in [2.05, 4.69) is 11.1 Å². The average Bonchev–Trinajstić information content (AvgIpc) is 2.72. The Labute approximate surface area is 185 Å². The molecule has 0 aliphatic carbocycles. The second-order valence-corrected chi connectivity index (χ2v) is 7.74. The van der Waals surface area contributed by atoms with Gasteiger partial charge in [0, 0.05) is 18.3 Å². The molecule has 4 rings (SSSR count). The van der Waals surface area contributed by atoms with Crippen LogP contribution in [0.1, 0.15) is 11.3 Å². The highest BCUT2D eigenvalue weighted by atomic mass is 19.2. The Morgan fingerprint density at radius 3 is 2.42 bits per heavy atom. The molecule has 1 aliphatic heterocycles. The molecule has 10 nitrogen and oxygen atoms in total. The number of nitrogens with zero attached hydrogens (tertiary/aromatic N) is 5. The molecule has 1 aliphatic rings. The van der Waals surface area contributed by atoms with Gasteiger partial charge in [-0.05, 0) is 25.5 Å². The van der Waals surface area contributed by atoms with Crippen LogP contribution < -0.4 is 27.8 Å². The number of aryl methyl sites for hydroxylation is 1. The summed E-state index contributed by atoms with van der Waals surface area (Å²) in [5.74, 6) is 3.76. The van der Waals surface area contributed by atoms with Crippen LogP contribution in [0, 0.1) is 36.8 Å². The van der Waals surface area contributed by atoms with Crippen LogP contribution in [0.4, 0.5) is 25.8 Å². The topological polar surface area (TPSA) is 145 Å². The number of anilines is 3. The number of hydrogen-bond acceptors (Lipinski definition) is 8. The van der Waals surface area contributed by atoms with Crippen LogP contribution in [0.5, 0.6) is 0 Å². The summed E-state index contributed by atoms with van der Waals surface area (Å²) >= 11 is 0. The number of rotatable bonds is 4. The first-order chi connectivity index (χ1) is 15.6. The Morgan fingerprint density at radius 1 is 1.18 bits per heavy atom. The molecule has 0 bridgehead atoms. The fourth-order valence-corrected chi connectivity index (χ4v) is 3.79. The molecule has 12 heteroatoms. The number of nitrogen functional groups attached to an aromatic ring is 1. The molecule has 3 aromatic rings. The first-order valence-corrected chi connectivity index (χ1v) is 9.71. The number of nitriles is 1. The molecular weight excluding hydrogens is 436 g/mol. The molecule has 0 atom stereocenters. The summed E-state index contributed by atoms with van der Waals surface area (Å²) < 4.78 is 34.7. The van der Waals surface area contributed by atoms with Crippen LogP contribution in [-0.2, 0) is 10.3 Å². The van der Waals surface area contributed by atoms with Crippen molar-refractivity contribution in [2.45, 2.75) is 19.4 Å². The number of pyridine rings is 1. The Bertz CT molecular complexity index is 1440. The summed E-state index contributed by atoms with van der Waals surface area (Å²) in [7, 11) is 0. The number of benzene rings is 1. The highest BCUT2D eigenvalue weighted by molar-refractivity contribution is 5.74. The predicted molar refractivity (Wildman–Crippen MR) is 115 cm³/mol. The quantitative estimate of drug-likeness (QED) is 0.338. The zero-order valence-electron chi connectivity index (χ0n) is 17.7. The molecule has 0 amide bonds. The number of hydrogen-bond donors (Lipinski definition) is 2. The zero-order chi connectivity index (χ0) is 24.1. The standard InChI is InChI=1S/C21H19F2N7O3/c1-11-3-13(7-27-6-11)28-19(31)18(30(26)17-5-15(23)14(22)4-16(17)25)12(2)29(20(28)32)21(8-24)9-33-10-21/h3-7H,9-10,25-26H2,1-2H3. The van der Waals surface area contributed by atoms with Gasteiger partial charge in [-0.3, -0.25) is 19.4 Å². The van der Waals surface area contributed by atoms with Gasteiger partial charge in [-0.15, -0.1) is 0 Å². The lowest BCUT2D eigenvalue weighted by atomic mass is 9.98. The summed E-state index contributed by atoms with van der Waals surface area (Å²) in [6.07, 6.45) is 2.85. The van der Waals surface area contributed by atoms with Gasteiger partial charge in [0.2, 0.25) is 0 Å². The van der Waals surface area contributed by atoms with E-state index in [4.69, 9.17) is 16.3 Å². The molecule has 0 radical (unpaired) electrons. The number of aromatic nitrogens is 3. The van der Waals surface area contributed by atoms with Crippen LogP contribution in [0.15, 0.2) is 40.2 Å². The van der Waals surface area contributed by atoms with Crippen molar-refractivity contribution < 1.29 is 13.5 Å². The Hall–Kier alpha value is -4.08. The molecule has 2 aromatic heterocycles. The maximum absolute atomic E-state index is 14.0. The molecule has 0 saturated carbocycles. The maximum Gasteiger partial charge on any atom is 0.337 e. The van der Waals surface area contributed by atoms with E-state index in [0.717, 1.165) is 26.3 Å². The minimum atomic E-state index is -1.39. The van der Waals surface area contributed by atoms with Crippen molar-refractivity contribution >= 4 is 17.1 Å². The molecule has 0 spiro atoms. The van der Waals surface area contributed by atoms with Crippen molar-refractivity contribution in [2.75, 3.05) is 24.0 Å². The van der Waals surface area contributed by atoms with Crippen molar-refractivity contribution in [1.82, 2.24) is 14.1 Å². The fraction of sp³-hybridized carbons (Fsp3) is 0.238. The molecule has 0 unspecified atom stereocenters. The third-order valence-electron chi connectivity index (χ3n) is 5.47. The van der Waals surface area contributed by atoms with Gasteiger partial charge in [-0.25, -0.2) is 24.0 Å². The van der Waals surface area contributed by atoms with Gasteiger partial charge in [0.1, 0.15) is 5.69 Å². The first kappa shape index (κ1) is 22.1. The van der Waals surface area contributed by atoms with E-state index in [1.54, 1.807) is 13.0 Å². The molecule has 1 fully saturated rings. The number of nitrogens with two attached hydrogens (primary N) is 2. The lowest BCUT2D eigenvalue weighted by Crippen LogP contribution is -2.59. The smallest absolute Gasteiger partial charge is 0.337 e. The minimum Gasteiger partial charge on any atom is -0.397 e. The van der Waals surface area contributed by atoms with Gasteiger partial charge in [0.05, 0.1) is 48.2 Å². The predicted octanol–water partition coefficient (Wildman–Crippen LogP) is 1.13. The van der Waals surface area contributed by atoms with Crippen molar-refractivity contribution in [2.24, 2.45) is 5.84 Å². The van der Waals surface area contributed by atoms with Gasteiger partial charge in [0.15, 0.2) is 17.2 Å². The van der Waals surface area contributed by atoms with Gasteiger partial charge in [0.25, 0.3) is 5.56 Å². The average molecular weight is 455 g/mol. The summed E-state index contributed by atoms with van der Waals surface area (Å²) in [5.41, 5.74) is 2.91. The number of halogens is 2. The molecule has 4 N–H and O–H groups in total. The second-order valence-electron chi connectivity index (χ2n) is 7.74. The van der Waals surface area contributed by atoms with Crippen LogP contribution >= 0.6 is 0 Å². The van der Waals surface area contributed by atoms with Crippen LogP contribution in [0.3, 0.4) is 0 Å². The Morgan fingerprint density at radius 2 is 1.85 bits per heavy atom. The van der Waals surface area contributed by atoms with Crippen LogP contribution in [0.2, 0.25) is 0 Å². The molecule has 1 aromatic carbocycles. The Balaban J connectivity index is 2.09. The lowest BCUT2D eigenvalue weighted by molar-refractivity contribution is -0.0705. The van der Waals surface area contributed by atoms with Crippen LogP contribution in [0.25, 0.3) is 5.69 Å². The van der Waals surface area contributed by atoms with Crippen molar-refractivity contribution in [1.29, 1.82) is 5.26 Å². The van der Waals surface area contributed by atoms with Crippen molar-refractivity contribution in [3.63, 3.8) is 0 Å². The zero-order valence-corrected chi connectivity index (χ0v) is 17.7. The lowest BCUT2D eigenvalue weighted by Gasteiger charge is -2.38. The van der Waals surface area contributed by atoms with E-state index >= 15 is 0 Å². The third-order valence-corrected chi connectivity index (χ3v) is 5.47. The summed E-state index contributed by atoms with van der Waals surface area (Å²) in [6, 6.07) is 5.10. The second kappa shape index (κ2) is 7.80. The molecule has 1 saturated heterocycles. The van der Waals surface area contributed by atoms with Gasteiger partial charge in [-0.1, -0.05) is 0 Å². The molecule has 170 valence electrons. The number of ether oxygens (including phenoxy) is 1. The first-order valence-electron chi connectivity index (χ1n) is 9.71. The van der Waals surface area contributed by atoms with E-state index in [-0.39, 0.29) is 41.7 Å². The highest BCUT2D eigenvalue weighted by Crippen LogP contribution is 2.32. The van der Waals surface area contributed by atoms with Gasteiger partial charge in [-0.2, -0.15) is 5.26 Å². The van der Waals surface area contributed by atoms with Gasteiger partial charge < -0.3 is 10.5 Å². The van der Waals surface area contributed by atoms with E-state index in [0.29, 0.717) is 5.56 Å². The highest BCUT2D eigenvalue weighted by Gasteiger charge is 2.44. The van der Waals surface area contributed by atoms with E-state index < -0.39 is 28.4 Å². The normalized spacial score (nSPS) is 14.4. The van der Waals surface area contributed by atoms with Gasteiger partial charge >= 0.3 is 5.69 Å². The fourth-order valence-electron chi connectivity index (χ4n) is 3.79. The molecule has 33 heavy (non-hydrogen) atoms. The monoisotopic (exact) mass is 455 g/mol. The summed E-state index contributed by atoms with van der Waals surface area (Å²) in [4.78, 5) is 31.1. The summed E-state index contributed by atoms with van der Waals surface area (Å²) in [5, 5.41) is 10.6.